The Labute approximate surface area is 670 Å². The average molecular weight is 1690 g/mol. The van der Waals surface area contributed by atoms with Crippen LogP contribution in [-0.2, 0) is 59.3 Å². The van der Waals surface area contributed by atoms with E-state index in [-0.39, 0.29) is 59.8 Å². The number of anilines is 4. The van der Waals surface area contributed by atoms with Gasteiger partial charge in [0.15, 0.2) is 58.2 Å². The van der Waals surface area contributed by atoms with Crippen LogP contribution >= 0.6 is 22.6 Å². The first-order valence-corrected chi connectivity index (χ1v) is 37.3. The summed E-state index contributed by atoms with van der Waals surface area (Å²) in [5, 5.41) is 10.8. The standard InChI is InChI=1S/C22H17F6N3O.C22H20F3N3O.C22H21FIN3O.C21H20FN3O/c1-10(2)7-14-22(29-9-15(30-14)11-3-5-12(23)6-4-11)31-16(32)8-13-17(24)19(26)21(28)20(27)18(13)25;1-13(2)9-19-22(26-12-20(27-19)15-4-6-16(23)7-5-15)28-21(29)11-14-3-8-17(24)18(25)10-14;1-14(2)11-19-22(27-21(28)12-15-3-9-18(24)10-4-15)25-13-20(26-19)16-5-7-17(23)8-6-16;1-14(2)12-18-20(25-21(26)16-6-4-3-5-7-16)23-13-19(24-18)15-8-10-17(22)11-9-15/h3-6,9-10H,7-8H2,1-2H3,(H,29,31,32);3-8,10,12-13H,9,11H2,1-2H3,(H,26,28,29);3-10,13-14H,11-12H2,1-2H3,(H,25,27,28);3-11,13-14H,12H2,1-2H3,(H,23,25,26). The monoisotopic (exact) mass is 1690 g/mol. The molecule has 12 rings (SSSR count). The fraction of sp³-hybridized carbons (Fsp3) is 0.218. The summed E-state index contributed by atoms with van der Waals surface area (Å²) in [6, 6.07) is 43.8. The maximum absolute atomic E-state index is 13.9. The first kappa shape index (κ1) is 86.9. The highest BCUT2D eigenvalue weighted by molar-refractivity contribution is 14.1. The Balaban J connectivity index is 0.000000176. The summed E-state index contributed by atoms with van der Waals surface area (Å²) >= 11 is 2.23. The van der Waals surface area contributed by atoms with Gasteiger partial charge < -0.3 is 21.3 Å². The Morgan fingerprint density at radius 2 is 0.626 bits per heavy atom. The first-order valence-electron chi connectivity index (χ1n) is 36.2. The van der Waals surface area contributed by atoms with Gasteiger partial charge in [-0.15, -0.1) is 0 Å². The van der Waals surface area contributed by atoms with Gasteiger partial charge in [0.2, 0.25) is 23.5 Å². The third-order valence-electron chi connectivity index (χ3n) is 16.7. The van der Waals surface area contributed by atoms with E-state index < -0.39 is 70.3 Å². The molecule has 0 unspecified atom stereocenters. The van der Waals surface area contributed by atoms with Crippen LogP contribution in [0.4, 0.5) is 71.6 Å². The molecule has 0 fully saturated rings. The van der Waals surface area contributed by atoms with E-state index >= 15 is 0 Å². The van der Waals surface area contributed by atoms with Gasteiger partial charge in [-0.25, -0.2) is 88.2 Å². The van der Waals surface area contributed by atoms with Crippen LogP contribution in [0.5, 0.6) is 0 Å². The summed E-state index contributed by atoms with van der Waals surface area (Å²) < 4.78 is 148. The van der Waals surface area contributed by atoms with E-state index in [9.17, 15) is 67.5 Å². The van der Waals surface area contributed by atoms with Crippen LogP contribution in [0.3, 0.4) is 0 Å². The Bertz CT molecular complexity index is 5340. The molecule has 0 radical (unpaired) electrons. The SMILES string of the molecule is CC(C)Cc1nc(-c2ccc(F)cc2)cnc1NC(=O)Cc1c(F)c(F)c(F)c(F)c1F.CC(C)Cc1nc(-c2ccc(F)cc2)cnc1NC(=O)Cc1ccc(F)c(F)c1.CC(C)Cc1nc(-c2ccc(F)cc2)cnc1NC(=O)Cc1ccc(I)cc1.CC(C)Cc1nc(-c2ccc(F)cc2)cnc1NC(=O)c1ccccc1. The number of carbonyl (C=O) groups excluding carboxylic acids is 4. The molecule has 115 heavy (non-hydrogen) atoms. The summed E-state index contributed by atoms with van der Waals surface area (Å²) in [6.45, 7) is 16.1. The quantitative estimate of drug-likeness (QED) is 0.0203. The summed E-state index contributed by atoms with van der Waals surface area (Å²) in [4.78, 5) is 85.3. The van der Waals surface area contributed by atoms with Gasteiger partial charge in [0, 0.05) is 37.0 Å². The molecule has 4 N–H and O–H groups in total. The molecule has 594 valence electrons. The van der Waals surface area contributed by atoms with E-state index in [4.69, 9.17) is 0 Å². The number of aromatic nitrogens is 8. The van der Waals surface area contributed by atoms with E-state index in [0.717, 1.165) is 38.1 Å². The molecule has 0 atom stereocenters. The van der Waals surface area contributed by atoms with Crippen molar-refractivity contribution in [2.75, 3.05) is 21.3 Å². The number of hydrogen-bond acceptors (Lipinski definition) is 12. The zero-order valence-corrected chi connectivity index (χ0v) is 65.6. The van der Waals surface area contributed by atoms with Gasteiger partial charge in [-0.3, -0.25) is 19.2 Å². The van der Waals surface area contributed by atoms with Crippen LogP contribution in [0.25, 0.3) is 45.0 Å². The first-order chi connectivity index (χ1) is 54.8. The predicted octanol–water partition coefficient (Wildman–Crippen LogP) is 20.3. The molecule has 0 saturated heterocycles. The maximum Gasteiger partial charge on any atom is 0.256 e. The topological polar surface area (TPSA) is 220 Å². The highest BCUT2D eigenvalue weighted by atomic mass is 127. The van der Waals surface area contributed by atoms with Gasteiger partial charge in [-0.1, -0.05) is 91.8 Å². The molecule has 0 aliphatic heterocycles. The molecule has 4 aromatic heterocycles. The predicted molar refractivity (Wildman–Crippen MR) is 427 cm³/mol. The van der Waals surface area contributed by atoms with Crippen LogP contribution in [0.1, 0.15) is 105 Å². The van der Waals surface area contributed by atoms with E-state index in [1.807, 2.05) is 70.2 Å². The lowest BCUT2D eigenvalue weighted by Gasteiger charge is -2.13. The van der Waals surface area contributed by atoms with E-state index in [0.29, 0.717) is 117 Å². The number of halogens is 12. The summed E-state index contributed by atoms with van der Waals surface area (Å²) in [6.07, 6.45) is 7.36. The van der Waals surface area contributed by atoms with Crippen LogP contribution in [0, 0.1) is 91.2 Å². The summed E-state index contributed by atoms with van der Waals surface area (Å²) in [5.41, 5.74) is 8.12. The molecule has 12 aromatic rings. The van der Waals surface area contributed by atoms with Gasteiger partial charge in [0.25, 0.3) is 5.91 Å². The molecular formula is C87H78F11IN12O4. The maximum atomic E-state index is 13.9. The number of carbonyl (C=O) groups is 4. The Kier molecular flexibility index (Phi) is 31.1. The largest absolute Gasteiger partial charge is 0.309 e. The van der Waals surface area contributed by atoms with Crippen molar-refractivity contribution in [3.8, 4) is 45.0 Å². The molecule has 28 heteroatoms. The van der Waals surface area contributed by atoms with Gasteiger partial charge in [0.1, 0.15) is 23.3 Å². The minimum Gasteiger partial charge on any atom is -0.309 e. The molecule has 0 bridgehead atoms. The molecule has 8 aromatic carbocycles. The third-order valence-corrected chi connectivity index (χ3v) is 17.4. The van der Waals surface area contributed by atoms with Gasteiger partial charge >= 0.3 is 0 Å². The minimum atomic E-state index is -2.30. The number of benzene rings is 8. The van der Waals surface area contributed by atoms with Crippen molar-refractivity contribution in [1.82, 2.24) is 39.9 Å². The third kappa shape index (κ3) is 25.7. The smallest absolute Gasteiger partial charge is 0.256 e. The molecule has 16 nitrogen and oxygen atoms in total. The highest BCUT2D eigenvalue weighted by Gasteiger charge is 2.28. The van der Waals surface area contributed by atoms with Gasteiger partial charge in [0.05, 0.1) is 89.6 Å². The zero-order valence-electron chi connectivity index (χ0n) is 63.5. The number of nitrogens with zero attached hydrogens (tertiary/aromatic N) is 8. The van der Waals surface area contributed by atoms with Gasteiger partial charge in [-0.2, -0.15) is 0 Å². The normalized spacial score (nSPS) is 11.0. The van der Waals surface area contributed by atoms with Crippen molar-refractivity contribution < 1.29 is 67.5 Å². The molecule has 4 heterocycles. The van der Waals surface area contributed by atoms with E-state index in [2.05, 4.69) is 111 Å². The molecule has 0 aliphatic rings. The molecule has 0 aliphatic carbocycles. The molecule has 0 spiro atoms. The lowest BCUT2D eigenvalue weighted by molar-refractivity contribution is -0.116. The second-order valence-corrected chi connectivity index (χ2v) is 29.3. The van der Waals surface area contributed by atoms with Crippen molar-refractivity contribution in [3.05, 3.63) is 307 Å². The van der Waals surface area contributed by atoms with Gasteiger partial charge in [-0.05, 0) is 217 Å². The zero-order chi connectivity index (χ0) is 83.2. The second-order valence-electron chi connectivity index (χ2n) is 28.0. The highest BCUT2D eigenvalue weighted by Crippen LogP contribution is 2.30. The fourth-order valence-electron chi connectivity index (χ4n) is 11.2. The van der Waals surface area contributed by atoms with Crippen LogP contribution in [0.2, 0.25) is 0 Å². The Morgan fingerprint density at radius 3 is 0.948 bits per heavy atom. The van der Waals surface area contributed by atoms with Crippen LogP contribution < -0.4 is 21.3 Å². The molecule has 4 amide bonds. The molecular weight excluding hydrogens is 1610 g/mol. The van der Waals surface area contributed by atoms with E-state index in [1.165, 1.54) is 79.1 Å². The van der Waals surface area contributed by atoms with Crippen LogP contribution in [-0.4, -0.2) is 63.5 Å². The number of hydrogen-bond donors (Lipinski definition) is 4. The van der Waals surface area contributed by atoms with Crippen molar-refractivity contribution in [3.63, 3.8) is 0 Å². The Hall–Kier alpha value is -12.1. The van der Waals surface area contributed by atoms with Crippen molar-refractivity contribution in [2.24, 2.45) is 23.7 Å². The lowest BCUT2D eigenvalue weighted by atomic mass is 10.1. The number of nitrogens with one attached hydrogen (secondary N) is 4. The lowest BCUT2D eigenvalue weighted by Crippen LogP contribution is -2.20. The molecule has 0 saturated carbocycles. The van der Waals surface area contributed by atoms with E-state index in [1.54, 1.807) is 60.9 Å². The van der Waals surface area contributed by atoms with Crippen molar-refractivity contribution in [2.45, 2.75) is 100 Å². The second kappa shape index (κ2) is 41.1. The fourth-order valence-corrected chi connectivity index (χ4v) is 11.5. The summed E-state index contributed by atoms with van der Waals surface area (Å²) in [5.74, 6) is -13.6. The Morgan fingerprint density at radius 1 is 0.330 bits per heavy atom. The summed E-state index contributed by atoms with van der Waals surface area (Å²) in [7, 11) is 0. The van der Waals surface area contributed by atoms with Crippen molar-refractivity contribution >= 4 is 69.5 Å². The van der Waals surface area contributed by atoms with Crippen molar-refractivity contribution in [1.29, 1.82) is 0 Å². The number of rotatable bonds is 23. The minimum absolute atomic E-state index is 0.0153. The number of amides is 4. The average Bonchev–Trinajstić information content (AvgIpc) is 0.780. The van der Waals surface area contributed by atoms with Crippen LogP contribution in [0.15, 0.2) is 195 Å².